The van der Waals surface area contributed by atoms with Gasteiger partial charge in [0, 0.05) is 27.9 Å². The number of aryl methyl sites for hydroxylation is 2. The van der Waals surface area contributed by atoms with Gasteiger partial charge in [-0.1, -0.05) is 31.9 Å². The molecular formula is C13H14Br2N2O. The first-order chi connectivity index (χ1) is 8.58. The first kappa shape index (κ1) is 13.8. The highest BCUT2D eigenvalue weighted by atomic mass is 79.9. The minimum Gasteiger partial charge on any atom is -0.388 e. The lowest BCUT2D eigenvalue weighted by Gasteiger charge is -2.13. The third kappa shape index (κ3) is 3.22. The van der Waals surface area contributed by atoms with Crippen molar-refractivity contribution in [3.05, 3.63) is 50.7 Å². The lowest BCUT2D eigenvalue weighted by Crippen LogP contribution is -2.04. The van der Waals surface area contributed by atoms with Gasteiger partial charge in [0.05, 0.1) is 6.10 Å². The molecule has 1 N–H and O–H groups in total. The number of aliphatic hydroxyl groups is 1. The largest absolute Gasteiger partial charge is 0.388 e. The molecule has 2 aromatic rings. The molecule has 96 valence electrons. The fourth-order valence-corrected chi connectivity index (χ4v) is 2.75. The van der Waals surface area contributed by atoms with Crippen LogP contribution in [0.2, 0.25) is 0 Å². The van der Waals surface area contributed by atoms with Crippen LogP contribution in [0, 0.1) is 0 Å². The minimum atomic E-state index is -0.480. The summed E-state index contributed by atoms with van der Waals surface area (Å²) < 4.78 is 3.74. The van der Waals surface area contributed by atoms with E-state index in [4.69, 9.17) is 0 Å². The predicted octanol–water partition coefficient (Wildman–Crippen LogP) is 3.61. The number of halogens is 2. The minimum absolute atomic E-state index is 0.480. The third-order valence-electron chi connectivity index (χ3n) is 2.91. The zero-order valence-electron chi connectivity index (χ0n) is 9.98. The standard InChI is InChI=1S/C13H14Br2N2O/c1-17-10(6-7-16-17)3-5-13(18)11-8-9(14)2-4-12(11)15/h2,4,6-8,13,18H,3,5H2,1H3. The molecule has 0 amide bonds. The Morgan fingerprint density at radius 2 is 2.11 bits per heavy atom. The third-order valence-corrected chi connectivity index (χ3v) is 4.13. The Kier molecular flexibility index (Phi) is 4.59. The van der Waals surface area contributed by atoms with E-state index in [-0.39, 0.29) is 0 Å². The molecule has 18 heavy (non-hydrogen) atoms. The van der Waals surface area contributed by atoms with E-state index in [1.54, 1.807) is 6.20 Å². The van der Waals surface area contributed by atoms with Gasteiger partial charge in [-0.25, -0.2) is 0 Å². The van der Waals surface area contributed by atoms with Crippen molar-refractivity contribution in [2.45, 2.75) is 18.9 Å². The van der Waals surface area contributed by atoms with E-state index in [2.05, 4.69) is 37.0 Å². The van der Waals surface area contributed by atoms with Gasteiger partial charge in [0.15, 0.2) is 0 Å². The summed E-state index contributed by atoms with van der Waals surface area (Å²) in [4.78, 5) is 0. The highest BCUT2D eigenvalue weighted by Crippen LogP contribution is 2.29. The molecule has 2 rings (SSSR count). The molecule has 0 radical (unpaired) electrons. The van der Waals surface area contributed by atoms with Crippen LogP contribution < -0.4 is 0 Å². The van der Waals surface area contributed by atoms with Gasteiger partial charge in [0.1, 0.15) is 0 Å². The molecule has 5 heteroatoms. The van der Waals surface area contributed by atoms with Crippen LogP contribution in [0.25, 0.3) is 0 Å². The van der Waals surface area contributed by atoms with Gasteiger partial charge in [-0.05, 0) is 42.7 Å². The van der Waals surface area contributed by atoms with E-state index >= 15 is 0 Å². The van der Waals surface area contributed by atoms with E-state index in [1.807, 2.05) is 36.0 Å². The normalized spacial score (nSPS) is 12.7. The fourth-order valence-electron chi connectivity index (χ4n) is 1.86. The summed E-state index contributed by atoms with van der Waals surface area (Å²) in [5.74, 6) is 0. The van der Waals surface area contributed by atoms with Crippen LogP contribution in [0.15, 0.2) is 39.4 Å². The van der Waals surface area contributed by atoms with E-state index in [1.165, 1.54) is 0 Å². The maximum Gasteiger partial charge on any atom is 0.0805 e. The van der Waals surface area contributed by atoms with Crippen molar-refractivity contribution in [1.29, 1.82) is 0 Å². The first-order valence-corrected chi connectivity index (χ1v) is 7.26. The van der Waals surface area contributed by atoms with Gasteiger partial charge in [-0.3, -0.25) is 4.68 Å². The molecule has 1 aromatic carbocycles. The Bertz CT molecular complexity index is 540. The van der Waals surface area contributed by atoms with Gasteiger partial charge in [0.25, 0.3) is 0 Å². The summed E-state index contributed by atoms with van der Waals surface area (Å²) in [7, 11) is 1.91. The number of benzene rings is 1. The molecule has 1 unspecified atom stereocenters. The van der Waals surface area contributed by atoms with Crippen molar-refractivity contribution in [1.82, 2.24) is 9.78 Å². The number of hydrogen-bond donors (Lipinski definition) is 1. The number of nitrogens with zero attached hydrogens (tertiary/aromatic N) is 2. The van der Waals surface area contributed by atoms with Crippen molar-refractivity contribution < 1.29 is 5.11 Å². The molecule has 0 aliphatic rings. The smallest absolute Gasteiger partial charge is 0.0805 e. The molecule has 1 atom stereocenters. The van der Waals surface area contributed by atoms with Crippen LogP contribution >= 0.6 is 31.9 Å². The van der Waals surface area contributed by atoms with Crippen LogP contribution in [0.4, 0.5) is 0 Å². The zero-order chi connectivity index (χ0) is 13.1. The molecule has 0 saturated heterocycles. The lowest BCUT2D eigenvalue weighted by molar-refractivity contribution is 0.166. The molecule has 1 heterocycles. The van der Waals surface area contributed by atoms with E-state index < -0.39 is 6.10 Å². The van der Waals surface area contributed by atoms with Crippen LogP contribution in [-0.2, 0) is 13.5 Å². The summed E-state index contributed by atoms with van der Waals surface area (Å²) in [5, 5.41) is 14.4. The van der Waals surface area contributed by atoms with Gasteiger partial charge >= 0.3 is 0 Å². The first-order valence-electron chi connectivity index (χ1n) is 5.68. The molecule has 0 spiro atoms. The Hall–Kier alpha value is -0.650. The quantitative estimate of drug-likeness (QED) is 0.888. The highest BCUT2D eigenvalue weighted by molar-refractivity contribution is 9.11. The van der Waals surface area contributed by atoms with Crippen LogP contribution in [0.1, 0.15) is 23.8 Å². The summed E-state index contributed by atoms with van der Waals surface area (Å²) in [6.07, 6.45) is 2.77. The summed E-state index contributed by atoms with van der Waals surface area (Å²) in [6.45, 7) is 0. The highest BCUT2D eigenvalue weighted by Gasteiger charge is 2.12. The molecule has 0 aliphatic carbocycles. The van der Waals surface area contributed by atoms with Gasteiger partial charge in [0.2, 0.25) is 0 Å². The maximum absolute atomic E-state index is 10.2. The van der Waals surface area contributed by atoms with E-state index in [9.17, 15) is 5.11 Å². The molecule has 0 saturated carbocycles. The van der Waals surface area contributed by atoms with Crippen molar-refractivity contribution in [2.75, 3.05) is 0 Å². The molecule has 0 bridgehead atoms. The number of aliphatic hydroxyl groups excluding tert-OH is 1. The number of hydrogen-bond acceptors (Lipinski definition) is 2. The number of aromatic nitrogens is 2. The predicted molar refractivity (Wildman–Crippen MR) is 78.3 cm³/mol. The van der Waals surface area contributed by atoms with Crippen molar-refractivity contribution in [2.24, 2.45) is 7.05 Å². The van der Waals surface area contributed by atoms with E-state index in [0.29, 0.717) is 6.42 Å². The van der Waals surface area contributed by atoms with Crippen molar-refractivity contribution in [3.8, 4) is 0 Å². The Morgan fingerprint density at radius 3 is 2.78 bits per heavy atom. The van der Waals surface area contributed by atoms with Crippen molar-refractivity contribution >= 4 is 31.9 Å². The molecule has 1 aromatic heterocycles. The summed E-state index contributed by atoms with van der Waals surface area (Å²) in [6, 6.07) is 7.80. The maximum atomic E-state index is 10.2. The van der Waals surface area contributed by atoms with E-state index in [0.717, 1.165) is 26.6 Å². The summed E-state index contributed by atoms with van der Waals surface area (Å²) in [5.41, 5.74) is 2.03. The Morgan fingerprint density at radius 1 is 1.33 bits per heavy atom. The van der Waals surface area contributed by atoms with Crippen LogP contribution in [0.5, 0.6) is 0 Å². The topological polar surface area (TPSA) is 38.0 Å². The number of rotatable bonds is 4. The lowest BCUT2D eigenvalue weighted by atomic mass is 10.0. The second kappa shape index (κ2) is 5.99. The van der Waals surface area contributed by atoms with Gasteiger partial charge in [-0.15, -0.1) is 0 Å². The zero-order valence-corrected chi connectivity index (χ0v) is 13.1. The monoisotopic (exact) mass is 372 g/mol. The second-order valence-electron chi connectivity index (χ2n) is 4.17. The van der Waals surface area contributed by atoms with Gasteiger partial charge < -0.3 is 5.11 Å². The van der Waals surface area contributed by atoms with Crippen molar-refractivity contribution in [3.63, 3.8) is 0 Å². The van der Waals surface area contributed by atoms with Crippen LogP contribution in [0.3, 0.4) is 0 Å². The molecule has 3 nitrogen and oxygen atoms in total. The van der Waals surface area contributed by atoms with Crippen LogP contribution in [-0.4, -0.2) is 14.9 Å². The molecule has 0 fully saturated rings. The average Bonchev–Trinajstić information content (AvgIpc) is 2.75. The Labute approximate surface area is 123 Å². The average molecular weight is 374 g/mol. The second-order valence-corrected chi connectivity index (χ2v) is 5.94. The Balaban J connectivity index is 2.06. The summed E-state index contributed by atoms with van der Waals surface area (Å²) >= 11 is 6.89. The van der Waals surface area contributed by atoms with Gasteiger partial charge in [-0.2, -0.15) is 5.10 Å². The molecular weight excluding hydrogens is 360 g/mol. The fraction of sp³-hybridized carbons (Fsp3) is 0.308. The SMILES string of the molecule is Cn1nccc1CCC(O)c1cc(Br)ccc1Br. The molecule has 0 aliphatic heterocycles.